The monoisotopic (exact) mass is 299 g/mol. The number of unbranched alkanes of at least 4 members (excludes halogenated alkanes) is 2. The van der Waals surface area contributed by atoms with Gasteiger partial charge in [-0.25, -0.2) is 0 Å². The van der Waals surface area contributed by atoms with Crippen LogP contribution in [-0.4, -0.2) is 13.1 Å². The molecule has 118 valence electrons. The second-order valence-corrected chi connectivity index (χ2v) is 7.98. The molecule has 4 bridgehead atoms. The van der Waals surface area contributed by atoms with Crippen molar-refractivity contribution in [2.75, 3.05) is 13.1 Å². The van der Waals surface area contributed by atoms with Gasteiger partial charge < -0.3 is 5.32 Å². The summed E-state index contributed by atoms with van der Waals surface area (Å²) in [5.41, 5.74) is 0.805. The molecule has 0 amide bonds. The summed E-state index contributed by atoms with van der Waals surface area (Å²) in [5.74, 6) is 3.39. The van der Waals surface area contributed by atoms with Crippen LogP contribution in [0.5, 0.6) is 0 Å². The summed E-state index contributed by atoms with van der Waals surface area (Å²) >= 11 is 0. The Labute approximate surface area is 132 Å². The van der Waals surface area contributed by atoms with Crippen molar-refractivity contribution in [3.63, 3.8) is 0 Å². The van der Waals surface area contributed by atoms with E-state index in [9.17, 15) is 0 Å². The number of hydrogen-bond donors (Lipinski definition) is 1. The number of nitrogens with one attached hydrogen (secondary N) is 1. The SMILES string of the molecule is CCCCCNCCCC12CC3CC(CC(C3)C1)C2.Cl. The Kier molecular flexibility index (Phi) is 6.23. The highest BCUT2D eigenvalue weighted by Gasteiger charge is 2.50. The molecule has 0 saturated heterocycles. The van der Waals surface area contributed by atoms with Gasteiger partial charge in [-0.1, -0.05) is 19.8 Å². The van der Waals surface area contributed by atoms with Crippen LogP contribution in [-0.2, 0) is 0 Å². The van der Waals surface area contributed by atoms with Crippen LogP contribution in [0, 0.1) is 23.2 Å². The van der Waals surface area contributed by atoms with E-state index in [2.05, 4.69) is 12.2 Å². The van der Waals surface area contributed by atoms with E-state index in [0.717, 1.165) is 23.2 Å². The average molecular weight is 300 g/mol. The van der Waals surface area contributed by atoms with Gasteiger partial charge in [0.2, 0.25) is 0 Å². The average Bonchev–Trinajstić information content (AvgIpc) is 2.36. The molecule has 20 heavy (non-hydrogen) atoms. The topological polar surface area (TPSA) is 12.0 Å². The van der Waals surface area contributed by atoms with Gasteiger partial charge in [0, 0.05) is 0 Å². The molecule has 0 unspecified atom stereocenters. The van der Waals surface area contributed by atoms with Gasteiger partial charge in [-0.2, -0.15) is 0 Å². The van der Waals surface area contributed by atoms with Gasteiger partial charge in [0.1, 0.15) is 0 Å². The van der Waals surface area contributed by atoms with Crippen molar-refractivity contribution in [3.05, 3.63) is 0 Å². The molecule has 1 nitrogen and oxygen atoms in total. The Hall–Kier alpha value is 0.250. The fourth-order valence-corrected chi connectivity index (χ4v) is 5.81. The predicted molar refractivity (Wildman–Crippen MR) is 89.5 cm³/mol. The minimum Gasteiger partial charge on any atom is -0.317 e. The summed E-state index contributed by atoms with van der Waals surface area (Å²) in [4.78, 5) is 0. The fraction of sp³-hybridized carbons (Fsp3) is 1.00. The van der Waals surface area contributed by atoms with Crippen molar-refractivity contribution >= 4 is 12.4 Å². The van der Waals surface area contributed by atoms with Gasteiger partial charge in [-0.05, 0) is 94.0 Å². The fourth-order valence-electron chi connectivity index (χ4n) is 5.81. The second-order valence-electron chi connectivity index (χ2n) is 7.98. The maximum absolute atomic E-state index is 3.65. The third kappa shape index (κ3) is 3.91. The molecule has 4 aliphatic carbocycles. The molecule has 0 aromatic rings. The van der Waals surface area contributed by atoms with E-state index < -0.39 is 0 Å². The first kappa shape index (κ1) is 16.6. The lowest BCUT2D eigenvalue weighted by Gasteiger charge is -2.57. The standard InChI is InChI=1S/C18H33N.ClH/c1-2-3-4-7-19-8-5-6-18-12-15-9-16(13-18)11-17(10-15)14-18;/h15-17,19H,2-14H2,1H3;1H. The first-order chi connectivity index (χ1) is 9.30. The number of hydrogen-bond acceptors (Lipinski definition) is 1. The Bertz CT molecular complexity index is 254. The Morgan fingerprint density at radius 2 is 1.40 bits per heavy atom. The van der Waals surface area contributed by atoms with Crippen molar-refractivity contribution in [3.8, 4) is 0 Å². The molecule has 0 spiro atoms. The van der Waals surface area contributed by atoms with Crippen molar-refractivity contribution in [2.24, 2.45) is 23.2 Å². The summed E-state index contributed by atoms with van der Waals surface area (Å²) in [5, 5.41) is 3.65. The lowest BCUT2D eigenvalue weighted by Crippen LogP contribution is -2.46. The minimum atomic E-state index is 0. The quantitative estimate of drug-likeness (QED) is 0.609. The van der Waals surface area contributed by atoms with Crippen LogP contribution in [0.4, 0.5) is 0 Å². The van der Waals surface area contributed by atoms with Gasteiger partial charge in [-0.15, -0.1) is 12.4 Å². The third-order valence-corrected chi connectivity index (χ3v) is 6.18. The molecule has 0 aromatic carbocycles. The number of rotatable bonds is 8. The number of halogens is 1. The Balaban J connectivity index is 0.00000147. The molecular weight excluding hydrogens is 266 g/mol. The highest BCUT2D eigenvalue weighted by molar-refractivity contribution is 5.85. The minimum absolute atomic E-state index is 0. The first-order valence-electron chi connectivity index (χ1n) is 9.00. The van der Waals surface area contributed by atoms with Gasteiger partial charge in [0.05, 0.1) is 0 Å². The highest BCUT2D eigenvalue weighted by atomic mass is 35.5. The maximum Gasteiger partial charge on any atom is -0.00487 e. The zero-order chi connectivity index (χ0) is 13.1. The third-order valence-electron chi connectivity index (χ3n) is 6.18. The van der Waals surface area contributed by atoms with E-state index in [1.54, 1.807) is 38.5 Å². The lowest BCUT2D eigenvalue weighted by molar-refractivity contribution is -0.0579. The van der Waals surface area contributed by atoms with Crippen LogP contribution >= 0.6 is 12.4 Å². The first-order valence-corrected chi connectivity index (χ1v) is 9.00. The second kappa shape index (κ2) is 7.49. The zero-order valence-corrected chi connectivity index (χ0v) is 14.1. The van der Waals surface area contributed by atoms with Gasteiger partial charge >= 0.3 is 0 Å². The highest BCUT2D eigenvalue weighted by Crippen LogP contribution is 2.61. The molecule has 4 fully saturated rings. The zero-order valence-electron chi connectivity index (χ0n) is 13.3. The summed E-state index contributed by atoms with van der Waals surface area (Å²) in [6, 6.07) is 0. The normalized spacial score (nSPS) is 38.0. The van der Waals surface area contributed by atoms with Crippen molar-refractivity contribution in [1.29, 1.82) is 0 Å². The van der Waals surface area contributed by atoms with E-state index in [1.807, 2.05) is 0 Å². The molecule has 0 atom stereocenters. The van der Waals surface area contributed by atoms with E-state index in [1.165, 1.54) is 45.2 Å². The van der Waals surface area contributed by atoms with Crippen LogP contribution in [0.1, 0.15) is 77.6 Å². The van der Waals surface area contributed by atoms with Crippen LogP contribution in [0.2, 0.25) is 0 Å². The lowest BCUT2D eigenvalue weighted by atomic mass is 9.48. The summed E-state index contributed by atoms with van der Waals surface area (Å²) in [7, 11) is 0. The summed E-state index contributed by atoms with van der Waals surface area (Å²) in [6.45, 7) is 4.80. The molecule has 4 saturated carbocycles. The van der Waals surface area contributed by atoms with Crippen molar-refractivity contribution in [1.82, 2.24) is 5.32 Å². The maximum atomic E-state index is 3.65. The molecule has 0 radical (unpaired) electrons. The van der Waals surface area contributed by atoms with E-state index in [4.69, 9.17) is 0 Å². The van der Waals surface area contributed by atoms with Gasteiger partial charge in [-0.3, -0.25) is 0 Å². The van der Waals surface area contributed by atoms with Gasteiger partial charge in [0.15, 0.2) is 0 Å². The molecular formula is C18H34ClN. The predicted octanol–water partition coefficient (Wildman–Crippen LogP) is 5.18. The molecule has 0 aromatic heterocycles. The molecule has 2 heteroatoms. The molecule has 0 aliphatic heterocycles. The molecule has 0 heterocycles. The molecule has 1 N–H and O–H groups in total. The van der Waals surface area contributed by atoms with Crippen molar-refractivity contribution < 1.29 is 0 Å². The van der Waals surface area contributed by atoms with E-state index in [-0.39, 0.29) is 12.4 Å². The largest absolute Gasteiger partial charge is 0.317 e. The van der Waals surface area contributed by atoms with Crippen LogP contribution in [0.3, 0.4) is 0 Å². The smallest absolute Gasteiger partial charge is 0.00487 e. The molecule has 4 rings (SSSR count). The van der Waals surface area contributed by atoms with Crippen LogP contribution in [0.15, 0.2) is 0 Å². The van der Waals surface area contributed by atoms with E-state index >= 15 is 0 Å². The summed E-state index contributed by atoms with van der Waals surface area (Å²) in [6.07, 6.45) is 16.6. The van der Waals surface area contributed by atoms with Crippen LogP contribution < -0.4 is 5.32 Å². The van der Waals surface area contributed by atoms with Crippen LogP contribution in [0.25, 0.3) is 0 Å². The molecule has 4 aliphatic rings. The van der Waals surface area contributed by atoms with E-state index in [0.29, 0.717) is 0 Å². The Morgan fingerprint density at radius 3 is 1.95 bits per heavy atom. The van der Waals surface area contributed by atoms with Gasteiger partial charge in [0.25, 0.3) is 0 Å². The summed E-state index contributed by atoms with van der Waals surface area (Å²) < 4.78 is 0. The Morgan fingerprint density at radius 1 is 0.850 bits per heavy atom. The van der Waals surface area contributed by atoms with Crippen molar-refractivity contribution in [2.45, 2.75) is 77.6 Å².